The number of ether oxygens (including phenoxy) is 1. The first-order valence-electron chi connectivity index (χ1n) is 5.85. The van der Waals surface area contributed by atoms with Gasteiger partial charge in [0.05, 0.1) is 11.5 Å². The van der Waals surface area contributed by atoms with Crippen LogP contribution in [0.25, 0.3) is 0 Å². The number of anilines is 1. The van der Waals surface area contributed by atoms with Gasteiger partial charge in [0.15, 0.2) is 6.04 Å². The van der Waals surface area contributed by atoms with Crippen molar-refractivity contribution in [2.24, 2.45) is 5.73 Å². The average molecular weight is 281 g/mol. The lowest BCUT2D eigenvalue weighted by atomic mass is 10.2. The maximum absolute atomic E-state index is 11.7. The largest absolute Gasteiger partial charge is 0.464 e. The molecule has 0 fully saturated rings. The van der Waals surface area contributed by atoms with Crippen LogP contribution in [-0.2, 0) is 14.3 Å². The minimum absolute atomic E-state index is 0.0228. The van der Waals surface area contributed by atoms with Crippen molar-refractivity contribution in [2.75, 3.05) is 11.9 Å². The van der Waals surface area contributed by atoms with Gasteiger partial charge in [-0.15, -0.1) is 0 Å². The number of benzene rings is 1. The average Bonchev–Trinajstić information content (AvgIpc) is 2.39. The van der Waals surface area contributed by atoms with Gasteiger partial charge in [-0.25, -0.2) is 4.79 Å². The molecule has 1 atom stereocenters. The molecule has 0 saturated carbocycles. The number of aryl methyl sites for hydroxylation is 1. The van der Waals surface area contributed by atoms with Crippen LogP contribution in [0.2, 0.25) is 0 Å². The number of nitrogens with zero attached hydrogens (tertiary/aromatic N) is 1. The van der Waals surface area contributed by atoms with Crippen molar-refractivity contribution in [2.45, 2.75) is 19.9 Å². The summed E-state index contributed by atoms with van der Waals surface area (Å²) in [6.45, 7) is 3.35. The Bertz CT molecular complexity index is 544. The van der Waals surface area contributed by atoms with Crippen molar-refractivity contribution < 1.29 is 19.2 Å². The van der Waals surface area contributed by atoms with Crippen molar-refractivity contribution in [1.29, 1.82) is 0 Å². The van der Waals surface area contributed by atoms with E-state index < -0.39 is 22.8 Å². The molecule has 0 radical (unpaired) electrons. The Balaban J connectivity index is 2.91. The van der Waals surface area contributed by atoms with Crippen LogP contribution in [0, 0.1) is 17.0 Å². The van der Waals surface area contributed by atoms with Gasteiger partial charge in [0, 0.05) is 6.07 Å². The SMILES string of the molecule is CCOC(=O)C(N)C(=O)Nc1ccc(C)cc1[N+](=O)[O-]. The number of hydrogen-bond acceptors (Lipinski definition) is 6. The number of nitrogens with one attached hydrogen (secondary N) is 1. The molecule has 0 spiro atoms. The predicted octanol–water partition coefficient (Wildman–Crippen LogP) is 0.732. The molecule has 1 aromatic rings. The number of amides is 1. The molecule has 1 unspecified atom stereocenters. The number of nitrogens with two attached hydrogens (primary N) is 1. The van der Waals surface area contributed by atoms with Gasteiger partial charge in [-0.05, 0) is 25.5 Å². The number of carbonyl (C=O) groups excluding carboxylic acids is 2. The summed E-state index contributed by atoms with van der Waals surface area (Å²) in [6, 6.07) is 2.75. The van der Waals surface area contributed by atoms with Gasteiger partial charge in [-0.1, -0.05) is 6.07 Å². The van der Waals surface area contributed by atoms with E-state index in [0.717, 1.165) is 0 Å². The third kappa shape index (κ3) is 3.75. The lowest BCUT2D eigenvalue weighted by Crippen LogP contribution is -2.43. The Morgan fingerprint density at radius 3 is 2.70 bits per heavy atom. The van der Waals surface area contributed by atoms with Gasteiger partial charge in [0.1, 0.15) is 5.69 Å². The van der Waals surface area contributed by atoms with Crippen LogP contribution in [0.5, 0.6) is 0 Å². The smallest absolute Gasteiger partial charge is 0.332 e. The molecule has 0 bridgehead atoms. The van der Waals surface area contributed by atoms with E-state index in [0.29, 0.717) is 5.56 Å². The maximum Gasteiger partial charge on any atom is 0.332 e. The van der Waals surface area contributed by atoms with Gasteiger partial charge in [0.25, 0.3) is 11.6 Å². The van der Waals surface area contributed by atoms with Gasteiger partial charge in [-0.2, -0.15) is 0 Å². The third-order valence-corrected chi connectivity index (χ3v) is 2.43. The molecule has 0 aliphatic carbocycles. The monoisotopic (exact) mass is 281 g/mol. The maximum atomic E-state index is 11.7. The molecule has 1 aromatic carbocycles. The first kappa shape index (κ1) is 15.6. The van der Waals surface area contributed by atoms with E-state index in [1.165, 1.54) is 12.1 Å². The first-order chi connectivity index (χ1) is 9.36. The Morgan fingerprint density at radius 1 is 1.50 bits per heavy atom. The highest BCUT2D eigenvalue weighted by molar-refractivity contribution is 6.08. The predicted molar refractivity (Wildman–Crippen MR) is 71.1 cm³/mol. The topological polar surface area (TPSA) is 125 Å². The van der Waals surface area contributed by atoms with E-state index in [-0.39, 0.29) is 18.0 Å². The van der Waals surface area contributed by atoms with Crippen LogP contribution in [0.1, 0.15) is 12.5 Å². The molecule has 1 rings (SSSR count). The van der Waals surface area contributed by atoms with Crippen molar-refractivity contribution >= 4 is 23.3 Å². The summed E-state index contributed by atoms with van der Waals surface area (Å²) in [4.78, 5) is 33.3. The molecule has 8 nitrogen and oxygen atoms in total. The highest BCUT2D eigenvalue weighted by atomic mass is 16.6. The quantitative estimate of drug-likeness (QED) is 0.355. The van der Waals surface area contributed by atoms with E-state index in [1.54, 1.807) is 19.9 Å². The summed E-state index contributed by atoms with van der Waals surface area (Å²) in [7, 11) is 0. The second kappa shape index (κ2) is 6.62. The summed E-state index contributed by atoms with van der Waals surface area (Å²) in [5.41, 5.74) is 5.77. The molecule has 20 heavy (non-hydrogen) atoms. The highest BCUT2D eigenvalue weighted by Crippen LogP contribution is 2.25. The zero-order chi connectivity index (χ0) is 15.3. The van der Waals surface area contributed by atoms with Gasteiger partial charge < -0.3 is 15.8 Å². The van der Waals surface area contributed by atoms with E-state index in [9.17, 15) is 19.7 Å². The van der Waals surface area contributed by atoms with E-state index in [4.69, 9.17) is 5.73 Å². The normalized spacial score (nSPS) is 11.6. The van der Waals surface area contributed by atoms with Crippen LogP contribution in [0.3, 0.4) is 0 Å². The van der Waals surface area contributed by atoms with Crippen molar-refractivity contribution in [1.82, 2.24) is 0 Å². The van der Waals surface area contributed by atoms with Gasteiger partial charge in [-0.3, -0.25) is 14.9 Å². The van der Waals surface area contributed by atoms with Crippen LogP contribution < -0.4 is 11.1 Å². The molecule has 0 aliphatic heterocycles. The number of esters is 1. The Labute approximate surface area is 115 Å². The van der Waals surface area contributed by atoms with Crippen molar-refractivity contribution in [3.63, 3.8) is 0 Å². The minimum atomic E-state index is -1.53. The molecule has 8 heteroatoms. The van der Waals surface area contributed by atoms with E-state index in [2.05, 4.69) is 10.1 Å². The summed E-state index contributed by atoms with van der Waals surface area (Å²) < 4.78 is 4.60. The Kier molecular flexibility index (Phi) is 5.15. The number of nitro benzene ring substituents is 1. The van der Waals surface area contributed by atoms with Crippen LogP contribution >= 0.6 is 0 Å². The Morgan fingerprint density at radius 2 is 2.15 bits per heavy atom. The fourth-order valence-corrected chi connectivity index (χ4v) is 1.45. The molecule has 1 amide bonds. The zero-order valence-corrected chi connectivity index (χ0v) is 11.1. The van der Waals surface area contributed by atoms with Crippen LogP contribution in [-0.4, -0.2) is 29.4 Å². The molecule has 0 aromatic heterocycles. The summed E-state index contributed by atoms with van der Waals surface area (Å²) >= 11 is 0. The summed E-state index contributed by atoms with van der Waals surface area (Å²) in [5.74, 6) is -1.75. The molecule has 0 aliphatic rings. The second-order valence-electron chi connectivity index (χ2n) is 4.00. The first-order valence-corrected chi connectivity index (χ1v) is 5.85. The second-order valence-corrected chi connectivity index (χ2v) is 4.00. The molecule has 3 N–H and O–H groups in total. The van der Waals surface area contributed by atoms with Crippen LogP contribution in [0.15, 0.2) is 18.2 Å². The summed E-state index contributed by atoms with van der Waals surface area (Å²) in [6.07, 6.45) is 0. The molecular weight excluding hydrogens is 266 g/mol. The molecular formula is C12H15N3O5. The minimum Gasteiger partial charge on any atom is -0.464 e. The third-order valence-electron chi connectivity index (χ3n) is 2.43. The molecule has 108 valence electrons. The lowest BCUT2D eigenvalue weighted by molar-refractivity contribution is -0.384. The molecule has 0 saturated heterocycles. The number of nitro groups is 1. The highest BCUT2D eigenvalue weighted by Gasteiger charge is 2.25. The van der Waals surface area contributed by atoms with Gasteiger partial charge in [0.2, 0.25) is 0 Å². The van der Waals surface area contributed by atoms with E-state index >= 15 is 0 Å². The number of hydrogen-bond donors (Lipinski definition) is 2. The van der Waals surface area contributed by atoms with Crippen molar-refractivity contribution in [3.05, 3.63) is 33.9 Å². The zero-order valence-electron chi connectivity index (χ0n) is 11.1. The number of carbonyl (C=O) groups is 2. The van der Waals surface area contributed by atoms with Crippen LogP contribution in [0.4, 0.5) is 11.4 Å². The Hall–Kier alpha value is -2.48. The fraction of sp³-hybridized carbons (Fsp3) is 0.333. The van der Waals surface area contributed by atoms with Gasteiger partial charge >= 0.3 is 5.97 Å². The van der Waals surface area contributed by atoms with Crippen molar-refractivity contribution in [3.8, 4) is 0 Å². The summed E-state index contributed by atoms with van der Waals surface area (Å²) in [5, 5.41) is 13.1. The number of rotatable bonds is 5. The fourth-order valence-electron chi connectivity index (χ4n) is 1.45. The molecule has 0 heterocycles. The lowest BCUT2D eigenvalue weighted by Gasteiger charge is -2.11. The van der Waals surface area contributed by atoms with E-state index in [1.807, 2.05) is 0 Å². The standard InChI is InChI=1S/C12H15N3O5/c1-3-20-12(17)10(13)11(16)14-8-5-4-7(2)6-9(8)15(18)19/h4-6,10H,3,13H2,1-2H3,(H,14,16).